The summed E-state index contributed by atoms with van der Waals surface area (Å²) in [6.45, 7) is 6.23. The van der Waals surface area contributed by atoms with Gasteiger partial charge in [0.05, 0.1) is 0 Å². The van der Waals surface area contributed by atoms with Gasteiger partial charge in [-0.3, -0.25) is 14.4 Å². The molecule has 6 nitrogen and oxygen atoms in total. The smallest absolute Gasteiger partial charge is 0.306 e. The largest absolute Gasteiger partial charge is 0.462 e. The van der Waals surface area contributed by atoms with Gasteiger partial charge >= 0.3 is 17.9 Å². The van der Waals surface area contributed by atoms with Crippen molar-refractivity contribution in [3.05, 3.63) is 170 Å². The number of hydrogen-bond donors (Lipinski definition) is 0. The molecule has 6 heteroatoms. The van der Waals surface area contributed by atoms with Gasteiger partial charge in [0.25, 0.3) is 0 Å². The summed E-state index contributed by atoms with van der Waals surface area (Å²) in [4.78, 5) is 38.3. The van der Waals surface area contributed by atoms with Crippen molar-refractivity contribution in [1.82, 2.24) is 0 Å². The SMILES string of the molecule is CC/C=C\C/C=C\C/C=C\C/C=C\C/C=C\C/C=C\C/C=C\CCCCCCCC(=O)OCC(COC(=O)CCCCCCC/C=C\C/C=C\C/C=C\CC)OC(=O)CCCCCC/C=C\C/C=C\C/C=C\C/C=C\CC. The molecule has 0 aromatic rings. The van der Waals surface area contributed by atoms with E-state index in [9.17, 15) is 14.4 Å². The second kappa shape index (κ2) is 63.3. The average Bonchev–Trinajstić information content (AvgIpc) is 3.43. The van der Waals surface area contributed by atoms with E-state index in [0.29, 0.717) is 12.8 Å². The molecule has 77 heavy (non-hydrogen) atoms. The molecule has 0 N–H and O–H groups in total. The standard InChI is InChI=1S/C71H110O6/c1-4-7-10-13-16-19-22-25-28-30-31-32-33-34-35-36-37-38-39-41-43-46-49-52-55-58-61-64-70(73)76-67-68(66-75-69(72)63-60-57-54-51-48-45-42-27-24-21-18-15-12-9-6-3)77-71(74)65-62-59-56-53-50-47-44-40-29-26-23-20-17-14-11-8-5-2/h7-12,16-21,25-29,31-32,34-35,37-38,41-44,47,68H,4-6,13-15,22-24,30,33,36,39-40,45-46,48-67H2,1-3H3/b10-7-,11-8-,12-9-,19-16-,20-17-,21-18-,28-25-,29-26-,32-31-,35-34-,38-37-,42-27-,43-41-,47-44-. The Morgan fingerprint density at radius 2 is 0.468 bits per heavy atom. The molecular formula is C71H110O6. The molecule has 0 aromatic carbocycles. The summed E-state index contributed by atoms with van der Waals surface area (Å²) >= 11 is 0. The Balaban J connectivity index is 4.48. The third-order valence-corrected chi connectivity index (χ3v) is 12.2. The zero-order valence-electron chi connectivity index (χ0n) is 49.1. The molecule has 0 aliphatic carbocycles. The first-order valence-electron chi connectivity index (χ1n) is 30.6. The van der Waals surface area contributed by atoms with Gasteiger partial charge in [-0.15, -0.1) is 0 Å². The molecular weight excluding hydrogens is 949 g/mol. The maximum atomic E-state index is 12.9. The average molecular weight is 1060 g/mol. The van der Waals surface area contributed by atoms with Crippen molar-refractivity contribution in [2.24, 2.45) is 0 Å². The molecule has 0 saturated carbocycles. The molecule has 1 unspecified atom stereocenters. The number of esters is 3. The van der Waals surface area contributed by atoms with Crippen LogP contribution in [-0.2, 0) is 28.6 Å². The Labute approximate surface area is 472 Å². The summed E-state index contributed by atoms with van der Waals surface area (Å²) in [7, 11) is 0. The number of hydrogen-bond acceptors (Lipinski definition) is 6. The van der Waals surface area contributed by atoms with Crippen molar-refractivity contribution in [2.45, 2.75) is 245 Å². The van der Waals surface area contributed by atoms with E-state index in [2.05, 4.69) is 191 Å². The predicted octanol–water partition coefficient (Wildman–Crippen LogP) is 21.1. The molecule has 0 saturated heterocycles. The highest BCUT2D eigenvalue weighted by Crippen LogP contribution is 2.13. The van der Waals surface area contributed by atoms with Crippen LogP contribution in [-0.4, -0.2) is 37.2 Å². The van der Waals surface area contributed by atoms with Crippen LogP contribution in [0.4, 0.5) is 0 Å². The van der Waals surface area contributed by atoms with Gasteiger partial charge in [0.15, 0.2) is 6.10 Å². The van der Waals surface area contributed by atoms with Gasteiger partial charge in [0.1, 0.15) is 13.2 Å². The Hall–Kier alpha value is -5.23. The van der Waals surface area contributed by atoms with Crippen molar-refractivity contribution < 1.29 is 28.6 Å². The number of rotatable bonds is 53. The quantitative estimate of drug-likeness (QED) is 0.0261. The molecule has 0 aliphatic rings. The molecule has 0 amide bonds. The lowest BCUT2D eigenvalue weighted by Crippen LogP contribution is -2.30. The number of unbranched alkanes of at least 4 members (excludes halogenated alkanes) is 14. The molecule has 1 atom stereocenters. The van der Waals surface area contributed by atoms with Crippen LogP contribution in [0.3, 0.4) is 0 Å². The minimum absolute atomic E-state index is 0.112. The molecule has 430 valence electrons. The van der Waals surface area contributed by atoms with Gasteiger partial charge in [-0.2, -0.15) is 0 Å². The first-order chi connectivity index (χ1) is 38.0. The van der Waals surface area contributed by atoms with E-state index in [4.69, 9.17) is 14.2 Å². The summed E-state index contributed by atoms with van der Waals surface area (Å²) in [6, 6.07) is 0. The molecule has 0 rings (SSSR count). The number of carbonyl (C=O) groups excluding carboxylic acids is 3. The lowest BCUT2D eigenvalue weighted by Gasteiger charge is -2.18. The lowest BCUT2D eigenvalue weighted by molar-refractivity contribution is -0.167. The molecule has 0 radical (unpaired) electrons. The van der Waals surface area contributed by atoms with Crippen molar-refractivity contribution in [1.29, 1.82) is 0 Å². The number of carbonyl (C=O) groups is 3. The maximum absolute atomic E-state index is 12.9. The van der Waals surface area contributed by atoms with Gasteiger partial charge in [-0.05, 0) is 148 Å². The number of ether oxygens (including phenoxy) is 3. The monoisotopic (exact) mass is 1060 g/mol. The van der Waals surface area contributed by atoms with Gasteiger partial charge in [0.2, 0.25) is 0 Å². The van der Waals surface area contributed by atoms with Crippen LogP contribution in [0.2, 0.25) is 0 Å². The third kappa shape index (κ3) is 61.5. The summed E-state index contributed by atoms with van der Waals surface area (Å²) in [5, 5.41) is 0. The minimum Gasteiger partial charge on any atom is -0.462 e. The third-order valence-electron chi connectivity index (χ3n) is 12.2. The van der Waals surface area contributed by atoms with Crippen LogP contribution in [0.1, 0.15) is 239 Å². The Morgan fingerprint density at radius 1 is 0.260 bits per heavy atom. The van der Waals surface area contributed by atoms with Crippen LogP contribution in [0.15, 0.2) is 170 Å². The Kier molecular flexibility index (Phi) is 59.0. The highest BCUT2D eigenvalue weighted by Gasteiger charge is 2.19. The summed E-state index contributed by atoms with van der Waals surface area (Å²) in [5.74, 6) is -0.978. The minimum atomic E-state index is -0.817. The zero-order valence-corrected chi connectivity index (χ0v) is 49.1. The second-order valence-corrected chi connectivity index (χ2v) is 19.5. The normalized spacial score (nSPS) is 13.3. The van der Waals surface area contributed by atoms with E-state index in [0.717, 1.165) is 199 Å². The molecule has 0 fully saturated rings. The van der Waals surface area contributed by atoms with Gasteiger partial charge in [-0.25, -0.2) is 0 Å². The predicted molar refractivity (Wildman–Crippen MR) is 334 cm³/mol. The van der Waals surface area contributed by atoms with Gasteiger partial charge in [0, 0.05) is 19.3 Å². The maximum Gasteiger partial charge on any atom is 0.306 e. The fourth-order valence-electron chi connectivity index (χ4n) is 7.72. The van der Waals surface area contributed by atoms with Crippen molar-refractivity contribution >= 4 is 17.9 Å². The summed E-state index contributed by atoms with van der Waals surface area (Å²) in [6.07, 6.45) is 93.5. The highest BCUT2D eigenvalue weighted by molar-refractivity contribution is 5.71. The molecule has 0 bridgehead atoms. The molecule has 0 heterocycles. The van der Waals surface area contributed by atoms with E-state index >= 15 is 0 Å². The van der Waals surface area contributed by atoms with Crippen molar-refractivity contribution in [2.75, 3.05) is 13.2 Å². The van der Waals surface area contributed by atoms with Crippen molar-refractivity contribution in [3.63, 3.8) is 0 Å². The summed E-state index contributed by atoms with van der Waals surface area (Å²) < 4.78 is 16.8. The fourth-order valence-corrected chi connectivity index (χ4v) is 7.72. The van der Waals surface area contributed by atoms with Crippen LogP contribution < -0.4 is 0 Å². The molecule has 0 spiro atoms. The topological polar surface area (TPSA) is 78.9 Å². The van der Waals surface area contributed by atoms with Crippen LogP contribution >= 0.6 is 0 Å². The lowest BCUT2D eigenvalue weighted by atomic mass is 10.1. The van der Waals surface area contributed by atoms with E-state index in [1.807, 2.05) is 0 Å². The fraction of sp³-hybridized carbons (Fsp3) is 0.563. The van der Waals surface area contributed by atoms with E-state index in [1.165, 1.54) is 0 Å². The second-order valence-electron chi connectivity index (χ2n) is 19.5. The Bertz CT molecular complexity index is 1790. The highest BCUT2D eigenvalue weighted by atomic mass is 16.6. The molecule has 0 aliphatic heterocycles. The van der Waals surface area contributed by atoms with Gasteiger partial charge < -0.3 is 14.2 Å². The summed E-state index contributed by atoms with van der Waals surface area (Å²) in [5.41, 5.74) is 0. The van der Waals surface area contributed by atoms with Gasteiger partial charge in [-0.1, -0.05) is 242 Å². The molecule has 0 aromatic heterocycles. The first-order valence-corrected chi connectivity index (χ1v) is 30.6. The first kappa shape index (κ1) is 71.8. The van der Waals surface area contributed by atoms with E-state index in [-0.39, 0.29) is 37.5 Å². The number of allylic oxidation sites excluding steroid dienone is 28. The van der Waals surface area contributed by atoms with Crippen LogP contribution in [0, 0.1) is 0 Å². The van der Waals surface area contributed by atoms with E-state index < -0.39 is 6.10 Å². The zero-order chi connectivity index (χ0) is 55.7. The van der Waals surface area contributed by atoms with E-state index in [1.54, 1.807) is 0 Å². The Morgan fingerprint density at radius 3 is 0.727 bits per heavy atom. The van der Waals surface area contributed by atoms with Crippen LogP contribution in [0.5, 0.6) is 0 Å². The van der Waals surface area contributed by atoms with Crippen molar-refractivity contribution in [3.8, 4) is 0 Å². The van der Waals surface area contributed by atoms with Crippen LogP contribution in [0.25, 0.3) is 0 Å².